The number of pyridine rings is 1. The summed E-state index contributed by atoms with van der Waals surface area (Å²) in [6.07, 6.45) is 2.55. The highest BCUT2D eigenvalue weighted by molar-refractivity contribution is 5.83. The second kappa shape index (κ2) is 6.53. The van der Waals surface area contributed by atoms with Crippen molar-refractivity contribution in [1.29, 1.82) is 0 Å². The summed E-state index contributed by atoms with van der Waals surface area (Å²) < 4.78 is 5.38. The van der Waals surface area contributed by atoms with E-state index in [9.17, 15) is 4.79 Å². The summed E-state index contributed by atoms with van der Waals surface area (Å²) in [5.74, 6) is 0.989. The van der Waals surface area contributed by atoms with Gasteiger partial charge >= 0.3 is 0 Å². The largest absolute Gasteiger partial charge is 0.496 e. The standard InChI is InChI=1S/C18H21NO2/c1-12-5-7-15(8-6-12)9-16(20)10-17-14(3)18(21-4)13(2)11-19-17/h5-8,11H,9-10H2,1-4H3. The summed E-state index contributed by atoms with van der Waals surface area (Å²) in [4.78, 5) is 16.6. The van der Waals surface area contributed by atoms with Crippen molar-refractivity contribution in [1.82, 2.24) is 4.98 Å². The molecule has 0 bridgehead atoms. The molecular formula is C18H21NO2. The van der Waals surface area contributed by atoms with Gasteiger partial charge in [-0.2, -0.15) is 0 Å². The average molecular weight is 283 g/mol. The molecule has 1 heterocycles. The number of carbonyl (C=O) groups is 1. The van der Waals surface area contributed by atoms with Crippen LogP contribution in [0.25, 0.3) is 0 Å². The Morgan fingerprint density at radius 2 is 1.76 bits per heavy atom. The minimum atomic E-state index is 0.167. The lowest BCUT2D eigenvalue weighted by Crippen LogP contribution is -2.10. The molecule has 110 valence electrons. The third-order valence-electron chi connectivity index (χ3n) is 3.64. The van der Waals surface area contributed by atoms with Gasteiger partial charge < -0.3 is 4.74 Å². The average Bonchev–Trinajstić information content (AvgIpc) is 2.45. The maximum absolute atomic E-state index is 12.2. The van der Waals surface area contributed by atoms with Crippen LogP contribution in [0.5, 0.6) is 5.75 Å². The molecule has 0 aliphatic carbocycles. The van der Waals surface area contributed by atoms with Gasteiger partial charge in [0.25, 0.3) is 0 Å². The van der Waals surface area contributed by atoms with Crippen LogP contribution in [0.15, 0.2) is 30.5 Å². The molecule has 0 aliphatic heterocycles. The SMILES string of the molecule is COc1c(C)cnc(CC(=O)Cc2ccc(C)cc2)c1C. The number of hydrogen-bond donors (Lipinski definition) is 0. The van der Waals surface area contributed by atoms with Crippen LogP contribution >= 0.6 is 0 Å². The maximum Gasteiger partial charge on any atom is 0.143 e. The highest BCUT2D eigenvalue weighted by Crippen LogP contribution is 2.24. The van der Waals surface area contributed by atoms with E-state index in [1.807, 2.05) is 45.0 Å². The number of Topliss-reactive ketones (excluding diaryl/α,β-unsaturated/α-hetero) is 1. The van der Waals surface area contributed by atoms with Crippen molar-refractivity contribution in [3.05, 3.63) is 58.4 Å². The van der Waals surface area contributed by atoms with Crippen molar-refractivity contribution in [3.8, 4) is 5.75 Å². The zero-order valence-corrected chi connectivity index (χ0v) is 13.1. The Morgan fingerprint density at radius 3 is 2.38 bits per heavy atom. The number of carbonyl (C=O) groups excluding carboxylic acids is 1. The van der Waals surface area contributed by atoms with Gasteiger partial charge in [0, 0.05) is 30.2 Å². The lowest BCUT2D eigenvalue weighted by atomic mass is 10.0. The molecule has 0 unspecified atom stereocenters. The number of aromatic nitrogens is 1. The van der Waals surface area contributed by atoms with E-state index in [1.54, 1.807) is 13.3 Å². The van der Waals surface area contributed by atoms with Gasteiger partial charge in [0.05, 0.1) is 12.8 Å². The van der Waals surface area contributed by atoms with Crippen molar-refractivity contribution in [2.45, 2.75) is 33.6 Å². The number of ketones is 1. The predicted octanol–water partition coefficient (Wildman–Crippen LogP) is 3.37. The molecule has 0 spiro atoms. The molecule has 0 amide bonds. The second-order valence-corrected chi connectivity index (χ2v) is 5.42. The topological polar surface area (TPSA) is 39.2 Å². The molecule has 0 aliphatic rings. The first-order valence-corrected chi connectivity index (χ1v) is 7.07. The van der Waals surface area contributed by atoms with Gasteiger partial charge in [-0.05, 0) is 26.3 Å². The first kappa shape index (κ1) is 15.2. The van der Waals surface area contributed by atoms with Crippen LogP contribution in [0.4, 0.5) is 0 Å². The summed E-state index contributed by atoms with van der Waals surface area (Å²) in [5, 5.41) is 0. The molecule has 0 saturated heterocycles. The van der Waals surface area contributed by atoms with Gasteiger partial charge in [-0.25, -0.2) is 0 Å². The first-order chi connectivity index (χ1) is 10.0. The van der Waals surface area contributed by atoms with Gasteiger partial charge in [-0.3, -0.25) is 9.78 Å². The van der Waals surface area contributed by atoms with Crippen LogP contribution in [0.3, 0.4) is 0 Å². The maximum atomic E-state index is 12.2. The van der Waals surface area contributed by atoms with E-state index in [4.69, 9.17) is 4.74 Å². The van der Waals surface area contributed by atoms with E-state index in [-0.39, 0.29) is 5.78 Å². The highest BCUT2D eigenvalue weighted by atomic mass is 16.5. The first-order valence-electron chi connectivity index (χ1n) is 7.07. The van der Waals surface area contributed by atoms with E-state index >= 15 is 0 Å². The molecule has 0 radical (unpaired) electrons. The molecule has 0 atom stereocenters. The fraction of sp³-hybridized carbons (Fsp3) is 0.333. The fourth-order valence-corrected chi connectivity index (χ4v) is 2.43. The monoisotopic (exact) mass is 283 g/mol. The van der Waals surface area contributed by atoms with Gasteiger partial charge in [-0.1, -0.05) is 29.8 Å². The van der Waals surface area contributed by atoms with Crippen molar-refractivity contribution in [2.24, 2.45) is 0 Å². The highest BCUT2D eigenvalue weighted by Gasteiger charge is 2.13. The number of rotatable bonds is 5. The molecule has 3 nitrogen and oxygen atoms in total. The van der Waals surface area contributed by atoms with Crippen LogP contribution in [-0.2, 0) is 17.6 Å². The van der Waals surface area contributed by atoms with E-state index in [0.29, 0.717) is 12.8 Å². The van der Waals surface area contributed by atoms with Crippen LogP contribution in [0, 0.1) is 20.8 Å². The molecule has 2 rings (SSSR count). The van der Waals surface area contributed by atoms with E-state index in [2.05, 4.69) is 4.98 Å². The Labute approximate surface area is 126 Å². The summed E-state index contributed by atoms with van der Waals surface area (Å²) in [6, 6.07) is 8.06. The number of nitrogens with zero attached hydrogens (tertiary/aromatic N) is 1. The predicted molar refractivity (Wildman–Crippen MR) is 83.9 cm³/mol. The summed E-state index contributed by atoms with van der Waals surface area (Å²) in [5.41, 5.74) is 4.99. The Kier molecular flexibility index (Phi) is 4.73. The quantitative estimate of drug-likeness (QED) is 0.844. The Balaban J connectivity index is 2.11. The van der Waals surface area contributed by atoms with Crippen LogP contribution < -0.4 is 4.74 Å². The van der Waals surface area contributed by atoms with Crippen molar-refractivity contribution in [2.75, 3.05) is 7.11 Å². The van der Waals surface area contributed by atoms with Gasteiger partial charge in [0.15, 0.2) is 0 Å². The number of hydrogen-bond acceptors (Lipinski definition) is 3. The number of ether oxygens (including phenoxy) is 1. The lowest BCUT2D eigenvalue weighted by Gasteiger charge is -2.11. The molecule has 21 heavy (non-hydrogen) atoms. The summed E-state index contributed by atoms with van der Waals surface area (Å²) in [7, 11) is 1.65. The normalized spacial score (nSPS) is 10.5. The zero-order valence-electron chi connectivity index (χ0n) is 13.1. The molecule has 1 aromatic carbocycles. The Bertz CT molecular complexity index is 645. The minimum Gasteiger partial charge on any atom is -0.496 e. The Hall–Kier alpha value is -2.16. The van der Waals surface area contributed by atoms with Crippen LogP contribution in [0.2, 0.25) is 0 Å². The Morgan fingerprint density at radius 1 is 1.10 bits per heavy atom. The molecule has 1 aromatic heterocycles. The minimum absolute atomic E-state index is 0.167. The summed E-state index contributed by atoms with van der Waals surface area (Å²) >= 11 is 0. The van der Waals surface area contributed by atoms with Gasteiger partial charge in [-0.15, -0.1) is 0 Å². The third kappa shape index (κ3) is 3.69. The smallest absolute Gasteiger partial charge is 0.143 e. The fourth-order valence-electron chi connectivity index (χ4n) is 2.43. The van der Waals surface area contributed by atoms with Gasteiger partial charge in [0.1, 0.15) is 11.5 Å². The van der Waals surface area contributed by atoms with Gasteiger partial charge in [0.2, 0.25) is 0 Å². The van der Waals surface area contributed by atoms with Crippen molar-refractivity contribution in [3.63, 3.8) is 0 Å². The lowest BCUT2D eigenvalue weighted by molar-refractivity contribution is -0.117. The molecular weight excluding hydrogens is 262 g/mol. The third-order valence-corrected chi connectivity index (χ3v) is 3.64. The zero-order chi connectivity index (χ0) is 15.4. The summed E-state index contributed by atoms with van der Waals surface area (Å²) in [6.45, 7) is 5.95. The van der Waals surface area contributed by atoms with Crippen molar-refractivity contribution < 1.29 is 9.53 Å². The van der Waals surface area contributed by atoms with E-state index in [1.165, 1.54) is 5.56 Å². The molecule has 0 N–H and O–H groups in total. The van der Waals surface area contributed by atoms with Crippen LogP contribution in [-0.4, -0.2) is 17.9 Å². The molecule has 2 aromatic rings. The second-order valence-electron chi connectivity index (χ2n) is 5.42. The number of aryl methyl sites for hydroxylation is 2. The molecule has 0 saturated carbocycles. The number of methoxy groups -OCH3 is 1. The van der Waals surface area contributed by atoms with Crippen molar-refractivity contribution >= 4 is 5.78 Å². The van der Waals surface area contributed by atoms with E-state index in [0.717, 1.165) is 28.1 Å². The molecule has 0 fully saturated rings. The molecule has 3 heteroatoms. The number of benzene rings is 1. The van der Waals surface area contributed by atoms with E-state index < -0.39 is 0 Å². The van der Waals surface area contributed by atoms with Crippen LogP contribution in [0.1, 0.15) is 27.9 Å².